The van der Waals surface area contributed by atoms with E-state index in [9.17, 15) is 0 Å². The summed E-state index contributed by atoms with van der Waals surface area (Å²) in [5, 5.41) is 11.3. The molecule has 2 N–H and O–H groups in total. The first-order valence-corrected chi connectivity index (χ1v) is 10.5. The molecule has 0 saturated carbocycles. The molecule has 0 spiro atoms. The molecule has 150 valence electrons. The van der Waals surface area contributed by atoms with E-state index in [-0.39, 0.29) is 24.0 Å². The average molecular weight is 494 g/mol. The molecule has 0 bridgehead atoms. The zero-order valence-electron chi connectivity index (χ0n) is 16.7. The Morgan fingerprint density at radius 2 is 1.81 bits per heavy atom. The van der Waals surface area contributed by atoms with Gasteiger partial charge in [-0.2, -0.15) is 11.3 Å². The van der Waals surface area contributed by atoms with Crippen LogP contribution in [0.2, 0.25) is 0 Å². The maximum absolute atomic E-state index is 4.36. The van der Waals surface area contributed by atoms with Crippen LogP contribution in [0.1, 0.15) is 32.3 Å². The Morgan fingerprint density at radius 3 is 2.38 bits per heavy atom. The van der Waals surface area contributed by atoms with Crippen LogP contribution in [-0.2, 0) is 0 Å². The summed E-state index contributed by atoms with van der Waals surface area (Å²) in [6.45, 7) is 15.8. The van der Waals surface area contributed by atoms with E-state index in [1.165, 1.54) is 38.3 Å². The molecule has 26 heavy (non-hydrogen) atoms. The summed E-state index contributed by atoms with van der Waals surface area (Å²) >= 11 is 1.76. The molecule has 2 heterocycles. The Bertz CT molecular complexity index is 500. The summed E-state index contributed by atoms with van der Waals surface area (Å²) in [5.41, 5.74) is 1.40. The molecule has 1 saturated heterocycles. The molecule has 0 radical (unpaired) electrons. The third-order valence-corrected chi connectivity index (χ3v) is 5.71. The third kappa shape index (κ3) is 8.10. The van der Waals surface area contributed by atoms with Gasteiger partial charge in [0, 0.05) is 52.9 Å². The van der Waals surface area contributed by atoms with Crippen LogP contribution in [0.5, 0.6) is 0 Å². The first-order valence-electron chi connectivity index (χ1n) is 9.53. The maximum Gasteiger partial charge on any atom is 0.191 e. The van der Waals surface area contributed by atoms with Gasteiger partial charge in [0.05, 0.1) is 0 Å². The summed E-state index contributed by atoms with van der Waals surface area (Å²) < 4.78 is 0. The van der Waals surface area contributed by atoms with Crippen molar-refractivity contribution in [2.24, 2.45) is 10.9 Å². The molecular weight excluding hydrogens is 457 g/mol. The van der Waals surface area contributed by atoms with Gasteiger partial charge in [0.15, 0.2) is 5.96 Å². The van der Waals surface area contributed by atoms with Gasteiger partial charge in [-0.25, -0.2) is 0 Å². The van der Waals surface area contributed by atoms with Crippen LogP contribution in [0.3, 0.4) is 0 Å². The van der Waals surface area contributed by atoms with Crippen LogP contribution >= 0.6 is 35.3 Å². The van der Waals surface area contributed by atoms with Crippen LogP contribution in [0.25, 0.3) is 0 Å². The van der Waals surface area contributed by atoms with E-state index in [0.29, 0.717) is 11.8 Å². The second-order valence-corrected chi connectivity index (χ2v) is 7.91. The first-order chi connectivity index (χ1) is 12.1. The third-order valence-electron chi connectivity index (χ3n) is 5.01. The molecule has 5 nitrogen and oxygen atoms in total. The lowest BCUT2D eigenvalue weighted by atomic mass is 10.1. The van der Waals surface area contributed by atoms with Crippen molar-refractivity contribution in [3.05, 3.63) is 22.4 Å². The topological polar surface area (TPSA) is 42.9 Å². The van der Waals surface area contributed by atoms with Crippen molar-refractivity contribution in [1.29, 1.82) is 0 Å². The van der Waals surface area contributed by atoms with Crippen molar-refractivity contribution in [3.8, 4) is 0 Å². The van der Waals surface area contributed by atoms with Crippen molar-refractivity contribution in [1.82, 2.24) is 20.4 Å². The highest BCUT2D eigenvalue weighted by molar-refractivity contribution is 14.0. The lowest BCUT2D eigenvalue weighted by Crippen LogP contribution is -2.48. The molecule has 0 aliphatic carbocycles. The number of hydrogen-bond acceptors (Lipinski definition) is 4. The average Bonchev–Trinajstić information content (AvgIpc) is 3.17. The zero-order chi connectivity index (χ0) is 18.1. The fourth-order valence-electron chi connectivity index (χ4n) is 3.21. The van der Waals surface area contributed by atoms with Gasteiger partial charge in [0.2, 0.25) is 0 Å². The van der Waals surface area contributed by atoms with Crippen LogP contribution in [0.4, 0.5) is 0 Å². The molecule has 7 heteroatoms. The molecule has 1 aromatic heterocycles. The van der Waals surface area contributed by atoms with Gasteiger partial charge in [-0.3, -0.25) is 4.99 Å². The van der Waals surface area contributed by atoms with Gasteiger partial charge < -0.3 is 20.4 Å². The molecule has 0 aromatic carbocycles. The number of halogens is 1. The van der Waals surface area contributed by atoms with E-state index in [1.807, 2.05) is 7.05 Å². The standard InChI is InChI=1S/C19H35N5S.HI/c1-5-23-7-9-24(10-8-23)14-16(2)12-21-19(20-4)22-13-17(3)18-6-11-25-15-18;/h6,11,15-17H,5,7-10,12-14H2,1-4H3,(H2,20,21,22);1H. The number of likely N-dealkylation sites (N-methyl/N-ethyl adjacent to an activating group) is 1. The lowest BCUT2D eigenvalue weighted by Gasteiger charge is -2.35. The fraction of sp³-hybridized carbons (Fsp3) is 0.737. The number of nitrogens with zero attached hydrogens (tertiary/aromatic N) is 3. The number of thiophene rings is 1. The van der Waals surface area contributed by atoms with Gasteiger partial charge in [-0.05, 0) is 40.8 Å². The number of piperazine rings is 1. The van der Waals surface area contributed by atoms with Crippen LogP contribution in [-0.4, -0.2) is 75.2 Å². The Morgan fingerprint density at radius 1 is 1.15 bits per heavy atom. The van der Waals surface area contributed by atoms with Crippen LogP contribution in [0, 0.1) is 5.92 Å². The van der Waals surface area contributed by atoms with E-state index in [2.05, 4.69) is 63.0 Å². The fourth-order valence-corrected chi connectivity index (χ4v) is 3.99. The Kier molecular flexibility index (Phi) is 11.7. The number of aliphatic imine (C=N–C) groups is 1. The summed E-state index contributed by atoms with van der Waals surface area (Å²) in [5.74, 6) is 2.02. The van der Waals surface area contributed by atoms with E-state index >= 15 is 0 Å². The smallest absolute Gasteiger partial charge is 0.191 e. The largest absolute Gasteiger partial charge is 0.356 e. The van der Waals surface area contributed by atoms with Gasteiger partial charge in [0.1, 0.15) is 0 Å². The number of nitrogens with one attached hydrogen (secondary N) is 2. The van der Waals surface area contributed by atoms with E-state index in [4.69, 9.17) is 0 Å². The van der Waals surface area contributed by atoms with Crippen LogP contribution in [0.15, 0.2) is 21.8 Å². The molecule has 1 fully saturated rings. The lowest BCUT2D eigenvalue weighted by molar-refractivity contribution is 0.124. The second kappa shape index (κ2) is 12.9. The number of guanidine groups is 1. The Balaban J connectivity index is 0.00000338. The highest BCUT2D eigenvalue weighted by Crippen LogP contribution is 2.16. The molecule has 1 aliphatic heterocycles. The molecule has 1 aromatic rings. The van der Waals surface area contributed by atoms with Crippen molar-refractivity contribution < 1.29 is 0 Å². The van der Waals surface area contributed by atoms with E-state index in [0.717, 1.165) is 25.6 Å². The summed E-state index contributed by atoms with van der Waals surface area (Å²) in [4.78, 5) is 9.48. The minimum absolute atomic E-state index is 0. The normalized spacial score (nSPS) is 18.8. The zero-order valence-corrected chi connectivity index (χ0v) is 19.8. The van der Waals surface area contributed by atoms with Crippen LogP contribution < -0.4 is 10.6 Å². The monoisotopic (exact) mass is 493 g/mol. The predicted octanol–water partition coefficient (Wildman–Crippen LogP) is 2.91. The van der Waals surface area contributed by atoms with Crippen molar-refractivity contribution in [3.63, 3.8) is 0 Å². The number of hydrogen-bond donors (Lipinski definition) is 2. The highest BCUT2D eigenvalue weighted by atomic mass is 127. The summed E-state index contributed by atoms with van der Waals surface area (Å²) in [6, 6.07) is 2.20. The molecule has 2 rings (SSSR count). The highest BCUT2D eigenvalue weighted by Gasteiger charge is 2.17. The number of rotatable bonds is 8. The Hall–Kier alpha value is -0.380. The molecule has 2 atom stereocenters. The molecular formula is C19H36IN5S. The SMILES string of the molecule is CCN1CCN(CC(C)CNC(=NC)NCC(C)c2ccsc2)CC1.I. The van der Waals surface area contributed by atoms with Gasteiger partial charge in [-0.1, -0.05) is 20.8 Å². The van der Waals surface area contributed by atoms with Gasteiger partial charge >= 0.3 is 0 Å². The van der Waals surface area contributed by atoms with E-state index < -0.39 is 0 Å². The van der Waals surface area contributed by atoms with E-state index in [1.54, 1.807) is 11.3 Å². The second-order valence-electron chi connectivity index (χ2n) is 7.13. The van der Waals surface area contributed by atoms with Crippen molar-refractivity contribution in [2.45, 2.75) is 26.7 Å². The summed E-state index contributed by atoms with van der Waals surface area (Å²) in [7, 11) is 1.85. The summed E-state index contributed by atoms with van der Waals surface area (Å²) in [6.07, 6.45) is 0. The maximum atomic E-state index is 4.36. The van der Waals surface area contributed by atoms with Crippen molar-refractivity contribution >= 4 is 41.3 Å². The first kappa shape index (κ1) is 23.7. The Labute approximate surface area is 180 Å². The van der Waals surface area contributed by atoms with Gasteiger partial charge in [0.25, 0.3) is 0 Å². The van der Waals surface area contributed by atoms with Gasteiger partial charge in [-0.15, -0.1) is 24.0 Å². The predicted molar refractivity (Wildman–Crippen MR) is 125 cm³/mol. The molecule has 2 unspecified atom stereocenters. The minimum atomic E-state index is 0. The molecule has 1 aliphatic rings. The minimum Gasteiger partial charge on any atom is -0.356 e. The quantitative estimate of drug-likeness (QED) is 0.332. The molecule has 0 amide bonds. The van der Waals surface area contributed by atoms with Crippen molar-refractivity contribution in [2.75, 3.05) is 59.4 Å².